The van der Waals surface area contributed by atoms with Crippen molar-refractivity contribution in [1.29, 1.82) is 0 Å². The summed E-state index contributed by atoms with van der Waals surface area (Å²) in [4.78, 5) is 12.2. The molecule has 5 heteroatoms. The van der Waals surface area contributed by atoms with E-state index < -0.39 is 12.1 Å². The van der Waals surface area contributed by atoms with Gasteiger partial charge in [0.05, 0.1) is 5.02 Å². The van der Waals surface area contributed by atoms with Gasteiger partial charge >= 0.3 is 5.97 Å². The third kappa shape index (κ3) is 4.25. The fourth-order valence-corrected chi connectivity index (χ4v) is 2.95. The average Bonchev–Trinajstić information content (AvgIpc) is 2.61. The Bertz CT molecular complexity index is 903. The maximum absolute atomic E-state index is 12.2. The molecule has 3 aromatic carbocycles. The Morgan fingerprint density at radius 3 is 2.60 bits per heavy atom. The maximum Gasteiger partial charge on any atom is 0.347 e. The number of ether oxygens (including phenoxy) is 2. The molecule has 0 heterocycles. The van der Waals surface area contributed by atoms with Crippen LogP contribution in [0.2, 0.25) is 10.0 Å². The lowest BCUT2D eigenvalue weighted by Gasteiger charge is -2.15. The summed E-state index contributed by atoms with van der Waals surface area (Å²) in [6.07, 6.45) is -0.784. The van der Waals surface area contributed by atoms with Gasteiger partial charge in [0, 0.05) is 5.02 Å². The number of halogens is 2. The Labute approximate surface area is 156 Å². The van der Waals surface area contributed by atoms with Crippen molar-refractivity contribution >= 4 is 39.9 Å². The SMILES string of the molecule is C[C@@H](Oc1ccc(Cl)cc1Cl)C(=O)OCc1cccc2ccccc12. The second-order valence-electron chi connectivity index (χ2n) is 5.58. The van der Waals surface area contributed by atoms with Crippen LogP contribution in [-0.2, 0) is 16.1 Å². The monoisotopic (exact) mass is 374 g/mol. The summed E-state index contributed by atoms with van der Waals surface area (Å²) in [7, 11) is 0. The molecular formula is C20H16Cl2O3. The molecule has 0 aliphatic rings. The number of fused-ring (bicyclic) bond motifs is 1. The van der Waals surface area contributed by atoms with Crippen molar-refractivity contribution in [3.05, 3.63) is 76.3 Å². The standard InChI is InChI=1S/C20H16Cl2O3/c1-13(25-19-10-9-16(21)11-18(19)22)20(23)24-12-15-7-4-6-14-5-2-3-8-17(14)15/h2-11,13H,12H2,1H3/t13-/m1/s1. The van der Waals surface area contributed by atoms with Gasteiger partial charge in [0.1, 0.15) is 12.4 Å². The highest BCUT2D eigenvalue weighted by atomic mass is 35.5. The number of carbonyl (C=O) groups is 1. The molecule has 0 spiro atoms. The normalized spacial score (nSPS) is 12.0. The quantitative estimate of drug-likeness (QED) is 0.540. The zero-order valence-electron chi connectivity index (χ0n) is 13.5. The first-order valence-corrected chi connectivity index (χ1v) is 8.55. The largest absolute Gasteiger partial charge is 0.477 e. The molecule has 25 heavy (non-hydrogen) atoms. The Balaban J connectivity index is 1.65. The van der Waals surface area contributed by atoms with E-state index in [1.54, 1.807) is 25.1 Å². The predicted octanol–water partition coefficient (Wildman–Crippen LogP) is 5.66. The van der Waals surface area contributed by atoms with Crippen LogP contribution in [0.5, 0.6) is 5.75 Å². The van der Waals surface area contributed by atoms with E-state index in [1.807, 2.05) is 42.5 Å². The van der Waals surface area contributed by atoms with Crippen molar-refractivity contribution < 1.29 is 14.3 Å². The molecule has 0 bridgehead atoms. The van der Waals surface area contributed by atoms with Gasteiger partial charge in [-0.1, -0.05) is 65.7 Å². The van der Waals surface area contributed by atoms with Crippen LogP contribution in [-0.4, -0.2) is 12.1 Å². The van der Waals surface area contributed by atoms with Gasteiger partial charge in [0.2, 0.25) is 0 Å². The van der Waals surface area contributed by atoms with E-state index in [1.165, 1.54) is 0 Å². The molecule has 1 atom stereocenters. The van der Waals surface area contributed by atoms with Crippen LogP contribution in [0.25, 0.3) is 10.8 Å². The lowest BCUT2D eigenvalue weighted by molar-refractivity contribution is -0.152. The second kappa shape index (κ2) is 7.77. The molecule has 0 fully saturated rings. The molecule has 0 aliphatic carbocycles. The van der Waals surface area contributed by atoms with E-state index in [9.17, 15) is 4.79 Å². The molecular weight excluding hydrogens is 359 g/mol. The van der Waals surface area contributed by atoms with E-state index in [0.717, 1.165) is 16.3 Å². The van der Waals surface area contributed by atoms with Crippen molar-refractivity contribution in [1.82, 2.24) is 0 Å². The van der Waals surface area contributed by atoms with Crippen molar-refractivity contribution in [3.63, 3.8) is 0 Å². The molecule has 128 valence electrons. The number of rotatable bonds is 5. The fraction of sp³-hybridized carbons (Fsp3) is 0.150. The summed E-state index contributed by atoms with van der Waals surface area (Å²) < 4.78 is 11.0. The fourth-order valence-electron chi connectivity index (χ4n) is 2.49. The van der Waals surface area contributed by atoms with Crippen molar-refractivity contribution in [2.24, 2.45) is 0 Å². The topological polar surface area (TPSA) is 35.5 Å². The van der Waals surface area contributed by atoms with Gasteiger partial charge < -0.3 is 9.47 Å². The van der Waals surface area contributed by atoms with E-state index >= 15 is 0 Å². The van der Waals surface area contributed by atoms with Crippen LogP contribution >= 0.6 is 23.2 Å². The summed E-state index contributed by atoms with van der Waals surface area (Å²) in [5.41, 5.74) is 0.947. The highest BCUT2D eigenvalue weighted by Crippen LogP contribution is 2.28. The third-order valence-corrected chi connectivity index (χ3v) is 4.31. The van der Waals surface area contributed by atoms with Crippen molar-refractivity contribution in [2.45, 2.75) is 19.6 Å². The van der Waals surface area contributed by atoms with Gasteiger partial charge in [0.15, 0.2) is 6.10 Å². The van der Waals surface area contributed by atoms with Gasteiger partial charge in [-0.3, -0.25) is 0 Å². The minimum absolute atomic E-state index is 0.183. The Morgan fingerprint density at radius 1 is 1.04 bits per heavy atom. The van der Waals surface area contributed by atoms with E-state index in [0.29, 0.717) is 15.8 Å². The lowest BCUT2D eigenvalue weighted by Crippen LogP contribution is -2.26. The van der Waals surface area contributed by atoms with Gasteiger partial charge in [-0.25, -0.2) is 4.79 Å². The molecule has 0 aliphatic heterocycles. The average molecular weight is 375 g/mol. The zero-order valence-corrected chi connectivity index (χ0v) is 15.1. The minimum Gasteiger partial charge on any atom is -0.477 e. The number of hydrogen-bond acceptors (Lipinski definition) is 3. The van der Waals surface area contributed by atoms with Gasteiger partial charge in [-0.15, -0.1) is 0 Å². The maximum atomic E-state index is 12.2. The number of esters is 1. The molecule has 0 radical (unpaired) electrons. The molecule has 0 amide bonds. The van der Waals surface area contributed by atoms with Crippen LogP contribution in [0, 0.1) is 0 Å². The first kappa shape index (κ1) is 17.6. The smallest absolute Gasteiger partial charge is 0.347 e. The minimum atomic E-state index is -0.784. The third-order valence-electron chi connectivity index (χ3n) is 3.78. The van der Waals surface area contributed by atoms with Crippen LogP contribution in [0.3, 0.4) is 0 Å². The van der Waals surface area contributed by atoms with Crippen LogP contribution in [0.4, 0.5) is 0 Å². The Morgan fingerprint density at radius 2 is 1.80 bits per heavy atom. The van der Waals surface area contributed by atoms with E-state index in [-0.39, 0.29) is 6.61 Å². The molecule has 3 nitrogen and oxygen atoms in total. The summed E-state index contributed by atoms with van der Waals surface area (Å²) in [5, 5.41) is 3.02. The number of hydrogen-bond donors (Lipinski definition) is 0. The highest BCUT2D eigenvalue weighted by Gasteiger charge is 2.18. The second-order valence-corrected chi connectivity index (χ2v) is 6.42. The van der Waals surface area contributed by atoms with E-state index in [2.05, 4.69) is 0 Å². The van der Waals surface area contributed by atoms with Crippen molar-refractivity contribution in [3.8, 4) is 5.75 Å². The lowest BCUT2D eigenvalue weighted by atomic mass is 10.1. The number of carbonyl (C=O) groups excluding carboxylic acids is 1. The summed E-state index contributed by atoms with van der Waals surface area (Å²) in [6.45, 7) is 1.80. The van der Waals surface area contributed by atoms with E-state index in [4.69, 9.17) is 32.7 Å². The first-order chi connectivity index (χ1) is 12.0. The molecule has 0 saturated carbocycles. The molecule has 3 rings (SSSR count). The van der Waals surface area contributed by atoms with Gasteiger partial charge in [0.25, 0.3) is 0 Å². The molecule has 0 unspecified atom stereocenters. The molecule has 0 N–H and O–H groups in total. The first-order valence-electron chi connectivity index (χ1n) is 7.79. The Kier molecular flexibility index (Phi) is 5.47. The highest BCUT2D eigenvalue weighted by molar-refractivity contribution is 6.35. The molecule has 3 aromatic rings. The van der Waals surface area contributed by atoms with Gasteiger partial charge in [-0.2, -0.15) is 0 Å². The summed E-state index contributed by atoms with van der Waals surface area (Å²) >= 11 is 11.9. The zero-order chi connectivity index (χ0) is 17.8. The Hall–Kier alpha value is -2.23. The van der Waals surface area contributed by atoms with Gasteiger partial charge in [-0.05, 0) is 41.5 Å². The van der Waals surface area contributed by atoms with Crippen LogP contribution in [0.1, 0.15) is 12.5 Å². The summed E-state index contributed by atoms with van der Waals surface area (Å²) in [5.74, 6) is -0.0698. The van der Waals surface area contributed by atoms with Crippen molar-refractivity contribution in [2.75, 3.05) is 0 Å². The van der Waals surface area contributed by atoms with Crippen LogP contribution < -0.4 is 4.74 Å². The predicted molar refractivity (Wildman–Crippen MR) is 100 cm³/mol. The van der Waals surface area contributed by atoms with Crippen LogP contribution in [0.15, 0.2) is 60.7 Å². The summed E-state index contributed by atoms with van der Waals surface area (Å²) in [6, 6.07) is 18.7. The number of benzene rings is 3. The molecule has 0 saturated heterocycles. The molecule has 0 aromatic heterocycles.